The van der Waals surface area contributed by atoms with Crippen molar-refractivity contribution in [1.82, 2.24) is 4.98 Å². The molecular weight excluding hydrogens is 246 g/mol. The van der Waals surface area contributed by atoms with Crippen LogP contribution in [0.5, 0.6) is 0 Å². The average molecular weight is 261 g/mol. The predicted molar refractivity (Wildman–Crippen MR) is 73.5 cm³/mol. The Hall–Kier alpha value is -1.72. The summed E-state index contributed by atoms with van der Waals surface area (Å²) in [6.07, 6.45) is 0.346. The molecule has 0 fully saturated rings. The van der Waals surface area contributed by atoms with Gasteiger partial charge in [0, 0.05) is 17.1 Å². The van der Waals surface area contributed by atoms with E-state index in [2.05, 4.69) is 10.3 Å². The molecule has 1 amide bonds. The Morgan fingerprint density at radius 2 is 2.11 bits per heavy atom. The second-order valence-electron chi connectivity index (χ2n) is 3.91. The molecular formula is C13H15N3OS. The summed E-state index contributed by atoms with van der Waals surface area (Å²) in [5.41, 5.74) is 7.24. The topological polar surface area (TPSA) is 68.0 Å². The highest BCUT2D eigenvalue weighted by atomic mass is 32.1. The molecule has 1 heterocycles. The molecule has 0 aliphatic rings. The summed E-state index contributed by atoms with van der Waals surface area (Å²) in [5, 5.41) is 3.72. The van der Waals surface area contributed by atoms with Crippen LogP contribution in [0.25, 0.3) is 0 Å². The first-order valence-electron chi connectivity index (χ1n) is 5.69. The third-order valence-electron chi connectivity index (χ3n) is 2.49. The van der Waals surface area contributed by atoms with E-state index in [1.54, 1.807) is 0 Å². The fourth-order valence-corrected chi connectivity index (χ4v) is 2.56. The third-order valence-corrected chi connectivity index (χ3v) is 3.67. The summed E-state index contributed by atoms with van der Waals surface area (Å²) >= 11 is 1.50. The number of para-hydroxylation sites is 1. The smallest absolute Gasteiger partial charge is 0.229 e. The summed E-state index contributed by atoms with van der Waals surface area (Å²) in [5.74, 6) is -0.0310. The number of hydrogen-bond acceptors (Lipinski definition) is 4. The molecule has 0 spiro atoms. The molecule has 0 saturated heterocycles. The molecule has 3 N–H and O–H groups in total. The van der Waals surface area contributed by atoms with Crippen molar-refractivity contribution in [2.75, 3.05) is 5.32 Å². The lowest BCUT2D eigenvalue weighted by atomic mass is 10.2. The molecule has 0 bridgehead atoms. The van der Waals surface area contributed by atoms with Crippen molar-refractivity contribution in [3.05, 3.63) is 45.9 Å². The van der Waals surface area contributed by atoms with Gasteiger partial charge >= 0.3 is 0 Å². The number of carbonyl (C=O) groups is 1. The first-order chi connectivity index (χ1) is 8.69. The molecule has 5 heteroatoms. The molecule has 2 aromatic rings. The van der Waals surface area contributed by atoms with E-state index in [9.17, 15) is 4.79 Å². The number of anilines is 1. The Kier molecular flexibility index (Phi) is 4.07. The second-order valence-corrected chi connectivity index (χ2v) is 5.08. The highest BCUT2D eigenvalue weighted by molar-refractivity contribution is 7.11. The van der Waals surface area contributed by atoms with Crippen LogP contribution in [-0.4, -0.2) is 10.9 Å². The van der Waals surface area contributed by atoms with Crippen LogP contribution < -0.4 is 11.1 Å². The van der Waals surface area contributed by atoms with Crippen molar-refractivity contribution < 1.29 is 4.79 Å². The summed E-state index contributed by atoms with van der Waals surface area (Å²) in [4.78, 5) is 17.1. The van der Waals surface area contributed by atoms with Crippen LogP contribution in [0.4, 0.5) is 5.69 Å². The Labute approximate surface area is 110 Å². The molecule has 0 saturated carbocycles. The zero-order valence-electron chi connectivity index (χ0n) is 10.1. The lowest BCUT2D eigenvalue weighted by Crippen LogP contribution is -2.14. The second kappa shape index (κ2) is 5.75. The van der Waals surface area contributed by atoms with Crippen LogP contribution in [0.1, 0.15) is 15.6 Å². The van der Waals surface area contributed by atoms with E-state index in [-0.39, 0.29) is 5.91 Å². The number of benzene rings is 1. The number of aromatic nitrogens is 1. The van der Waals surface area contributed by atoms with Gasteiger partial charge in [0.1, 0.15) is 5.01 Å². The van der Waals surface area contributed by atoms with E-state index in [0.29, 0.717) is 13.0 Å². The lowest BCUT2D eigenvalue weighted by molar-refractivity contribution is -0.115. The Morgan fingerprint density at radius 1 is 1.39 bits per heavy atom. The van der Waals surface area contributed by atoms with Gasteiger partial charge in [-0.2, -0.15) is 0 Å². The van der Waals surface area contributed by atoms with Gasteiger partial charge in [0.15, 0.2) is 0 Å². The predicted octanol–water partition coefficient (Wildman–Crippen LogP) is 2.09. The minimum atomic E-state index is -0.0310. The van der Waals surface area contributed by atoms with Crippen molar-refractivity contribution >= 4 is 22.9 Å². The number of nitrogens with two attached hydrogens (primary N) is 1. The molecule has 0 aliphatic heterocycles. The number of hydrogen-bond donors (Lipinski definition) is 2. The van der Waals surface area contributed by atoms with Crippen LogP contribution in [0.3, 0.4) is 0 Å². The molecule has 0 unspecified atom stereocenters. The number of thiazole rings is 1. The number of amides is 1. The van der Waals surface area contributed by atoms with E-state index in [1.165, 1.54) is 11.3 Å². The van der Waals surface area contributed by atoms with E-state index >= 15 is 0 Å². The fourth-order valence-electron chi connectivity index (χ4n) is 1.61. The van der Waals surface area contributed by atoms with Crippen LogP contribution in [0.15, 0.2) is 30.3 Å². The maximum Gasteiger partial charge on any atom is 0.229 e. The van der Waals surface area contributed by atoms with Gasteiger partial charge in [-0.3, -0.25) is 4.79 Å². The van der Waals surface area contributed by atoms with Crippen LogP contribution >= 0.6 is 11.3 Å². The van der Waals surface area contributed by atoms with Crippen LogP contribution in [-0.2, 0) is 17.8 Å². The van der Waals surface area contributed by atoms with Gasteiger partial charge in [-0.05, 0) is 19.1 Å². The monoisotopic (exact) mass is 261 g/mol. The molecule has 2 rings (SSSR count). The van der Waals surface area contributed by atoms with Gasteiger partial charge in [-0.25, -0.2) is 4.98 Å². The minimum absolute atomic E-state index is 0.0310. The molecule has 0 atom stereocenters. The zero-order valence-corrected chi connectivity index (χ0v) is 11.0. The summed E-state index contributed by atoms with van der Waals surface area (Å²) in [6.45, 7) is 2.33. The van der Waals surface area contributed by atoms with E-state index in [4.69, 9.17) is 5.73 Å². The standard InChI is InChI=1S/C13H15N3OS/c1-9-11(18-13(8-14)15-9)7-12(17)16-10-5-3-2-4-6-10/h2-6H,7-8,14H2,1H3,(H,16,17). The van der Waals surface area contributed by atoms with Crippen LogP contribution in [0, 0.1) is 6.92 Å². The Morgan fingerprint density at radius 3 is 2.72 bits per heavy atom. The molecule has 18 heavy (non-hydrogen) atoms. The zero-order chi connectivity index (χ0) is 13.0. The van der Waals surface area contributed by atoms with Crippen molar-refractivity contribution in [1.29, 1.82) is 0 Å². The van der Waals surface area contributed by atoms with E-state index < -0.39 is 0 Å². The minimum Gasteiger partial charge on any atom is -0.326 e. The molecule has 94 valence electrons. The Bertz CT molecular complexity index is 536. The van der Waals surface area contributed by atoms with Gasteiger partial charge in [0.25, 0.3) is 0 Å². The van der Waals surface area contributed by atoms with Gasteiger partial charge < -0.3 is 11.1 Å². The van der Waals surface area contributed by atoms with Crippen molar-refractivity contribution in [2.45, 2.75) is 19.9 Å². The number of nitrogens with zero attached hydrogens (tertiary/aromatic N) is 1. The molecule has 0 aliphatic carbocycles. The maximum atomic E-state index is 11.9. The summed E-state index contributed by atoms with van der Waals surface area (Å²) in [7, 11) is 0. The van der Waals surface area contributed by atoms with Crippen molar-refractivity contribution in [3.63, 3.8) is 0 Å². The molecule has 1 aromatic heterocycles. The first kappa shape index (κ1) is 12.7. The number of nitrogens with one attached hydrogen (secondary N) is 1. The summed E-state index contributed by atoms with van der Waals surface area (Å²) < 4.78 is 0. The normalized spacial score (nSPS) is 10.3. The van der Waals surface area contributed by atoms with Crippen molar-refractivity contribution in [2.24, 2.45) is 5.73 Å². The third kappa shape index (κ3) is 3.15. The Balaban J connectivity index is 2.01. The number of carbonyl (C=O) groups excluding carboxylic acids is 1. The van der Waals surface area contributed by atoms with Gasteiger partial charge in [0.2, 0.25) is 5.91 Å². The SMILES string of the molecule is Cc1nc(CN)sc1CC(=O)Nc1ccccc1. The molecule has 0 radical (unpaired) electrons. The molecule has 4 nitrogen and oxygen atoms in total. The summed E-state index contributed by atoms with van der Waals surface area (Å²) in [6, 6.07) is 9.42. The highest BCUT2D eigenvalue weighted by Gasteiger charge is 2.11. The van der Waals surface area contributed by atoms with Gasteiger partial charge in [0.05, 0.1) is 12.1 Å². The number of aryl methyl sites for hydroxylation is 1. The maximum absolute atomic E-state index is 11.9. The van der Waals surface area contributed by atoms with Gasteiger partial charge in [-0.1, -0.05) is 18.2 Å². The van der Waals surface area contributed by atoms with E-state index in [0.717, 1.165) is 21.3 Å². The van der Waals surface area contributed by atoms with E-state index in [1.807, 2.05) is 37.3 Å². The lowest BCUT2D eigenvalue weighted by Gasteiger charge is -2.03. The highest BCUT2D eigenvalue weighted by Crippen LogP contribution is 2.18. The quantitative estimate of drug-likeness (QED) is 0.885. The van der Waals surface area contributed by atoms with Crippen LogP contribution in [0.2, 0.25) is 0 Å². The average Bonchev–Trinajstić information content (AvgIpc) is 2.71. The fraction of sp³-hybridized carbons (Fsp3) is 0.231. The van der Waals surface area contributed by atoms with Crippen molar-refractivity contribution in [3.8, 4) is 0 Å². The first-order valence-corrected chi connectivity index (χ1v) is 6.51. The number of rotatable bonds is 4. The van der Waals surface area contributed by atoms with Gasteiger partial charge in [-0.15, -0.1) is 11.3 Å². The largest absolute Gasteiger partial charge is 0.326 e. The molecule has 1 aromatic carbocycles.